The summed E-state index contributed by atoms with van der Waals surface area (Å²) in [6.07, 6.45) is -0.874. The van der Waals surface area contributed by atoms with Gasteiger partial charge in [-0.3, -0.25) is 10.1 Å². The van der Waals surface area contributed by atoms with Crippen LogP contribution in [0.4, 0.5) is 10.5 Å². The highest BCUT2D eigenvalue weighted by atomic mass is 32.2. The Balaban J connectivity index is 2.13. The number of nitro groups is 1. The van der Waals surface area contributed by atoms with E-state index in [-0.39, 0.29) is 18.6 Å². The standard InChI is InChI=1S/C21H23N3O7S/c1-21(2,3)31-20(25)30-17-10-8-15(9-11-17)14-16(12-13-22)23-32(28,29)19-7-5-4-6-18(19)24(26)27/h4-11,16,23H,12,14H2,1-3H3/t16-/m0/s1. The monoisotopic (exact) mass is 461 g/mol. The highest BCUT2D eigenvalue weighted by molar-refractivity contribution is 7.89. The van der Waals surface area contributed by atoms with Crippen molar-refractivity contribution in [1.29, 1.82) is 5.26 Å². The van der Waals surface area contributed by atoms with Crippen molar-refractivity contribution in [2.45, 2.75) is 50.2 Å². The number of nitrogens with one attached hydrogen (secondary N) is 1. The number of sulfonamides is 1. The lowest BCUT2D eigenvalue weighted by molar-refractivity contribution is -0.387. The fourth-order valence-corrected chi connectivity index (χ4v) is 4.14. The topological polar surface area (TPSA) is 149 Å². The van der Waals surface area contributed by atoms with Gasteiger partial charge in [0.15, 0.2) is 4.90 Å². The molecule has 0 heterocycles. The highest BCUT2D eigenvalue weighted by Gasteiger charge is 2.28. The van der Waals surface area contributed by atoms with Gasteiger partial charge in [-0.1, -0.05) is 24.3 Å². The fourth-order valence-electron chi connectivity index (χ4n) is 2.73. The molecule has 2 rings (SSSR count). The van der Waals surface area contributed by atoms with Crippen LogP contribution in [0.3, 0.4) is 0 Å². The summed E-state index contributed by atoms with van der Waals surface area (Å²) in [6.45, 7) is 5.12. The minimum Gasteiger partial charge on any atom is -0.428 e. The number of para-hydroxylation sites is 1. The largest absolute Gasteiger partial charge is 0.514 e. The zero-order valence-electron chi connectivity index (χ0n) is 17.8. The van der Waals surface area contributed by atoms with Crippen LogP contribution in [0.25, 0.3) is 0 Å². The molecule has 2 aromatic carbocycles. The van der Waals surface area contributed by atoms with Gasteiger partial charge in [0.2, 0.25) is 10.0 Å². The van der Waals surface area contributed by atoms with Gasteiger partial charge < -0.3 is 9.47 Å². The Morgan fingerprint density at radius 1 is 1.19 bits per heavy atom. The average Bonchev–Trinajstić information content (AvgIpc) is 2.68. The van der Waals surface area contributed by atoms with Crippen molar-refractivity contribution in [1.82, 2.24) is 4.72 Å². The summed E-state index contributed by atoms with van der Waals surface area (Å²) in [4.78, 5) is 21.7. The fraction of sp³-hybridized carbons (Fsp3) is 0.333. The van der Waals surface area contributed by atoms with Crippen LogP contribution >= 0.6 is 0 Å². The Morgan fingerprint density at radius 2 is 1.81 bits per heavy atom. The van der Waals surface area contributed by atoms with E-state index >= 15 is 0 Å². The number of nitrogens with zero attached hydrogens (tertiary/aromatic N) is 2. The maximum absolute atomic E-state index is 12.7. The minimum atomic E-state index is -4.25. The molecular formula is C21H23N3O7S. The number of hydrogen-bond acceptors (Lipinski definition) is 8. The summed E-state index contributed by atoms with van der Waals surface area (Å²) < 4.78 is 38.0. The van der Waals surface area contributed by atoms with Gasteiger partial charge in [-0.25, -0.2) is 17.9 Å². The number of nitro benzene ring substituents is 1. The van der Waals surface area contributed by atoms with Gasteiger partial charge in [-0.2, -0.15) is 5.26 Å². The second-order valence-corrected chi connectivity index (χ2v) is 9.50. The molecule has 0 unspecified atom stereocenters. The van der Waals surface area contributed by atoms with Gasteiger partial charge >= 0.3 is 6.16 Å². The maximum Gasteiger partial charge on any atom is 0.514 e. The number of hydrogen-bond donors (Lipinski definition) is 1. The van der Waals surface area contributed by atoms with Crippen LogP contribution in [0.5, 0.6) is 5.75 Å². The summed E-state index contributed by atoms with van der Waals surface area (Å²) in [5.41, 5.74) is -0.599. The third-order valence-electron chi connectivity index (χ3n) is 4.01. The number of carbonyl (C=O) groups is 1. The summed E-state index contributed by atoms with van der Waals surface area (Å²) in [5, 5.41) is 20.3. The van der Waals surface area contributed by atoms with Crippen molar-refractivity contribution < 1.29 is 27.6 Å². The van der Waals surface area contributed by atoms with Crippen molar-refractivity contribution >= 4 is 21.9 Å². The molecule has 11 heteroatoms. The molecule has 0 fully saturated rings. The van der Waals surface area contributed by atoms with Gasteiger partial charge in [-0.15, -0.1) is 0 Å². The van der Waals surface area contributed by atoms with Crippen LogP contribution in [0, 0.1) is 21.4 Å². The Bertz CT molecular complexity index is 1120. The summed E-state index contributed by atoms with van der Waals surface area (Å²) in [5.74, 6) is 0.236. The Morgan fingerprint density at radius 3 is 2.38 bits per heavy atom. The van der Waals surface area contributed by atoms with Gasteiger partial charge in [-0.05, 0) is 51.0 Å². The molecule has 0 saturated carbocycles. The lowest BCUT2D eigenvalue weighted by Crippen LogP contribution is -2.36. The quantitative estimate of drug-likeness (QED) is 0.271. The Kier molecular flexibility index (Phi) is 7.91. The van der Waals surface area contributed by atoms with E-state index < -0.39 is 43.3 Å². The van der Waals surface area contributed by atoms with Gasteiger partial charge in [0.1, 0.15) is 11.4 Å². The first-order valence-corrected chi connectivity index (χ1v) is 11.0. The molecule has 0 aliphatic heterocycles. The lowest BCUT2D eigenvalue weighted by atomic mass is 10.0. The Labute approximate surface area is 186 Å². The second kappa shape index (κ2) is 10.2. The predicted molar refractivity (Wildman–Crippen MR) is 114 cm³/mol. The summed E-state index contributed by atoms with van der Waals surface area (Å²) in [7, 11) is -4.25. The molecule has 0 spiro atoms. The van der Waals surface area contributed by atoms with E-state index in [1.54, 1.807) is 32.9 Å². The number of ether oxygens (including phenoxy) is 2. The van der Waals surface area contributed by atoms with E-state index in [0.717, 1.165) is 12.1 Å². The third kappa shape index (κ3) is 7.33. The van der Waals surface area contributed by atoms with E-state index in [9.17, 15) is 23.3 Å². The molecule has 1 atom stereocenters. The first-order chi connectivity index (χ1) is 14.9. The van der Waals surface area contributed by atoms with E-state index in [2.05, 4.69) is 4.72 Å². The van der Waals surface area contributed by atoms with Crippen LogP contribution < -0.4 is 9.46 Å². The average molecular weight is 461 g/mol. The predicted octanol–water partition coefficient (Wildman–Crippen LogP) is 3.71. The molecule has 0 amide bonds. The zero-order valence-corrected chi connectivity index (χ0v) is 18.6. The number of benzene rings is 2. The van der Waals surface area contributed by atoms with Crippen LogP contribution in [-0.4, -0.2) is 31.1 Å². The second-order valence-electron chi connectivity index (χ2n) is 7.82. The van der Waals surface area contributed by atoms with Crippen LogP contribution in [0.15, 0.2) is 53.4 Å². The van der Waals surface area contributed by atoms with Crippen molar-refractivity contribution in [3.05, 3.63) is 64.2 Å². The minimum absolute atomic E-state index is 0.139. The van der Waals surface area contributed by atoms with Crippen molar-refractivity contribution in [2.75, 3.05) is 0 Å². The Hall–Kier alpha value is -3.49. The van der Waals surface area contributed by atoms with E-state index in [1.165, 1.54) is 24.3 Å². The molecular weight excluding hydrogens is 438 g/mol. The molecule has 0 saturated heterocycles. The highest BCUT2D eigenvalue weighted by Crippen LogP contribution is 2.24. The molecule has 0 radical (unpaired) electrons. The van der Waals surface area contributed by atoms with Crippen LogP contribution in [0.2, 0.25) is 0 Å². The van der Waals surface area contributed by atoms with E-state index in [1.807, 2.05) is 6.07 Å². The lowest BCUT2D eigenvalue weighted by Gasteiger charge is -2.19. The number of carbonyl (C=O) groups excluding carboxylic acids is 1. The first-order valence-electron chi connectivity index (χ1n) is 9.54. The van der Waals surface area contributed by atoms with Crippen molar-refractivity contribution in [3.63, 3.8) is 0 Å². The molecule has 10 nitrogen and oxygen atoms in total. The molecule has 0 bridgehead atoms. The van der Waals surface area contributed by atoms with Crippen molar-refractivity contribution in [2.24, 2.45) is 0 Å². The third-order valence-corrected chi connectivity index (χ3v) is 5.58. The molecule has 32 heavy (non-hydrogen) atoms. The van der Waals surface area contributed by atoms with E-state index in [4.69, 9.17) is 14.7 Å². The number of nitriles is 1. The van der Waals surface area contributed by atoms with Gasteiger partial charge in [0, 0.05) is 12.1 Å². The molecule has 170 valence electrons. The van der Waals surface area contributed by atoms with Crippen molar-refractivity contribution in [3.8, 4) is 11.8 Å². The smallest absolute Gasteiger partial charge is 0.428 e. The first kappa shape index (κ1) is 24.8. The van der Waals surface area contributed by atoms with E-state index in [0.29, 0.717) is 5.56 Å². The van der Waals surface area contributed by atoms with Gasteiger partial charge in [0.25, 0.3) is 5.69 Å². The molecule has 0 aromatic heterocycles. The maximum atomic E-state index is 12.7. The molecule has 1 N–H and O–H groups in total. The summed E-state index contributed by atoms with van der Waals surface area (Å²) in [6, 6.07) is 12.3. The summed E-state index contributed by atoms with van der Waals surface area (Å²) >= 11 is 0. The van der Waals surface area contributed by atoms with Crippen LogP contribution in [0.1, 0.15) is 32.8 Å². The SMILES string of the molecule is CC(C)(C)OC(=O)Oc1ccc(C[C@H](CC#N)NS(=O)(=O)c2ccccc2[N+](=O)[O-])cc1. The number of rotatable bonds is 8. The molecule has 2 aromatic rings. The zero-order chi connectivity index (χ0) is 23.9. The molecule has 0 aliphatic rings. The molecule has 0 aliphatic carbocycles. The van der Waals surface area contributed by atoms with Gasteiger partial charge in [0.05, 0.1) is 17.4 Å². The normalized spacial score (nSPS) is 12.4. The van der Waals surface area contributed by atoms with Crippen LogP contribution in [-0.2, 0) is 21.2 Å².